The smallest absolute Gasteiger partial charge is 0.326 e. The number of carboxylic acid groups (broad SMARTS) is 1. The quantitative estimate of drug-likeness (QED) is 0.790. The molecular weight excluding hydrogens is 248 g/mol. The Kier molecular flexibility index (Phi) is 5.60. The van der Waals surface area contributed by atoms with Crippen LogP contribution in [-0.4, -0.2) is 53.8 Å². The fourth-order valence-electron chi connectivity index (χ4n) is 2.32. The molecule has 0 aromatic carbocycles. The molecule has 19 heavy (non-hydrogen) atoms. The highest BCUT2D eigenvalue weighted by atomic mass is 16.5. The summed E-state index contributed by atoms with van der Waals surface area (Å²) in [6.45, 7) is 6.42. The topological polar surface area (TPSA) is 78.9 Å². The molecule has 2 amide bonds. The predicted octanol–water partition coefficient (Wildman–Crippen LogP) is 1.30. The van der Waals surface area contributed by atoms with Crippen molar-refractivity contribution >= 4 is 12.0 Å². The summed E-state index contributed by atoms with van der Waals surface area (Å²) < 4.78 is 5.42. The molecule has 0 aliphatic carbocycles. The minimum absolute atomic E-state index is 0.00787. The molecule has 6 heteroatoms. The van der Waals surface area contributed by atoms with Crippen molar-refractivity contribution in [2.45, 2.75) is 51.8 Å². The summed E-state index contributed by atoms with van der Waals surface area (Å²) in [5.74, 6) is -0.786. The number of ether oxygens (including phenoxy) is 1. The van der Waals surface area contributed by atoms with Gasteiger partial charge in [-0.05, 0) is 25.7 Å². The maximum absolute atomic E-state index is 12.1. The number of nitrogens with zero attached hydrogens (tertiary/aromatic N) is 1. The standard InChI is InChI=1S/C13H24N2O4/c1-8(2)7-10(12(16)17)14-13(18)15(4)11-5-6-19-9(11)3/h8-11H,5-7H2,1-4H3,(H,14,18)(H,16,17). The summed E-state index contributed by atoms with van der Waals surface area (Å²) in [5, 5.41) is 11.7. The average Bonchev–Trinajstić information content (AvgIpc) is 2.72. The van der Waals surface area contributed by atoms with Gasteiger partial charge in [0.2, 0.25) is 0 Å². The number of rotatable bonds is 5. The molecule has 1 fully saturated rings. The summed E-state index contributed by atoms with van der Waals surface area (Å²) in [6, 6.07) is -1.18. The summed E-state index contributed by atoms with van der Waals surface area (Å²) in [6.07, 6.45) is 1.20. The SMILES string of the molecule is CC(C)CC(NC(=O)N(C)C1CCOC1C)C(=O)O. The zero-order valence-electron chi connectivity index (χ0n) is 12.0. The van der Waals surface area contributed by atoms with Crippen LogP contribution in [0.3, 0.4) is 0 Å². The first-order valence-electron chi connectivity index (χ1n) is 6.70. The van der Waals surface area contributed by atoms with E-state index in [1.54, 1.807) is 11.9 Å². The number of hydrogen-bond donors (Lipinski definition) is 2. The highest BCUT2D eigenvalue weighted by Crippen LogP contribution is 2.18. The minimum Gasteiger partial charge on any atom is -0.480 e. The van der Waals surface area contributed by atoms with Crippen LogP contribution >= 0.6 is 0 Å². The van der Waals surface area contributed by atoms with Crippen molar-refractivity contribution in [2.24, 2.45) is 5.92 Å². The molecule has 3 atom stereocenters. The van der Waals surface area contributed by atoms with Crippen LogP contribution in [0.2, 0.25) is 0 Å². The van der Waals surface area contributed by atoms with Crippen LogP contribution in [-0.2, 0) is 9.53 Å². The minimum atomic E-state index is -0.994. The molecule has 0 bridgehead atoms. The van der Waals surface area contributed by atoms with E-state index in [0.717, 1.165) is 6.42 Å². The van der Waals surface area contributed by atoms with Crippen LogP contribution in [0.4, 0.5) is 4.79 Å². The first-order chi connectivity index (χ1) is 8.82. The zero-order chi connectivity index (χ0) is 14.6. The molecule has 0 spiro atoms. The second-order valence-electron chi connectivity index (χ2n) is 5.51. The lowest BCUT2D eigenvalue weighted by Gasteiger charge is -2.28. The molecule has 2 N–H and O–H groups in total. The first kappa shape index (κ1) is 15.8. The lowest BCUT2D eigenvalue weighted by atomic mass is 10.0. The number of carboxylic acids is 1. The fourth-order valence-corrected chi connectivity index (χ4v) is 2.32. The number of likely N-dealkylation sites (N-methyl/N-ethyl adjacent to an activating group) is 1. The second-order valence-corrected chi connectivity index (χ2v) is 5.51. The summed E-state index contributed by atoms with van der Waals surface area (Å²) in [4.78, 5) is 24.7. The number of amides is 2. The van der Waals surface area contributed by atoms with Crippen LogP contribution < -0.4 is 5.32 Å². The van der Waals surface area contributed by atoms with E-state index in [0.29, 0.717) is 13.0 Å². The van der Waals surface area contributed by atoms with Gasteiger partial charge < -0.3 is 20.1 Å². The summed E-state index contributed by atoms with van der Waals surface area (Å²) >= 11 is 0. The molecule has 0 saturated carbocycles. The van der Waals surface area contributed by atoms with E-state index < -0.39 is 12.0 Å². The van der Waals surface area contributed by atoms with Crippen molar-refractivity contribution in [3.8, 4) is 0 Å². The van der Waals surface area contributed by atoms with Gasteiger partial charge in [-0.3, -0.25) is 0 Å². The third-order valence-electron chi connectivity index (χ3n) is 3.46. The third-order valence-corrected chi connectivity index (χ3v) is 3.46. The Morgan fingerprint density at radius 1 is 1.47 bits per heavy atom. The molecule has 6 nitrogen and oxygen atoms in total. The van der Waals surface area contributed by atoms with E-state index in [1.807, 2.05) is 20.8 Å². The lowest BCUT2D eigenvalue weighted by Crippen LogP contribution is -2.51. The van der Waals surface area contributed by atoms with E-state index in [4.69, 9.17) is 9.84 Å². The maximum Gasteiger partial charge on any atom is 0.326 e. The monoisotopic (exact) mass is 272 g/mol. The van der Waals surface area contributed by atoms with Gasteiger partial charge in [-0.2, -0.15) is 0 Å². The lowest BCUT2D eigenvalue weighted by molar-refractivity contribution is -0.139. The number of carbonyl (C=O) groups excluding carboxylic acids is 1. The van der Waals surface area contributed by atoms with Gasteiger partial charge in [0.05, 0.1) is 12.1 Å². The van der Waals surface area contributed by atoms with Crippen molar-refractivity contribution in [3.05, 3.63) is 0 Å². The molecule has 1 heterocycles. The third kappa shape index (κ3) is 4.38. The molecular formula is C13H24N2O4. The predicted molar refractivity (Wildman–Crippen MR) is 71.0 cm³/mol. The van der Waals surface area contributed by atoms with Crippen LogP contribution in [0.15, 0.2) is 0 Å². The van der Waals surface area contributed by atoms with Gasteiger partial charge in [-0.15, -0.1) is 0 Å². The Balaban J connectivity index is 2.58. The van der Waals surface area contributed by atoms with E-state index in [-0.39, 0.29) is 24.1 Å². The summed E-state index contributed by atoms with van der Waals surface area (Å²) in [7, 11) is 1.68. The van der Waals surface area contributed by atoms with Gasteiger partial charge in [0.15, 0.2) is 0 Å². The molecule has 110 valence electrons. The highest BCUT2D eigenvalue weighted by molar-refractivity contribution is 5.82. The largest absolute Gasteiger partial charge is 0.480 e. The van der Waals surface area contributed by atoms with Gasteiger partial charge in [0.1, 0.15) is 6.04 Å². The van der Waals surface area contributed by atoms with Crippen molar-refractivity contribution in [2.75, 3.05) is 13.7 Å². The Hall–Kier alpha value is -1.30. The van der Waals surface area contributed by atoms with Crippen molar-refractivity contribution in [1.29, 1.82) is 0 Å². The van der Waals surface area contributed by atoms with Gasteiger partial charge in [0, 0.05) is 13.7 Å². The van der Waals surface area contributed by atoms with Gasteiger partial charge in [0.25, 0.3) is 0 Å². The Morgan fingerprint density at radius 2 is 2.11 bits per heavy atom. The van der Waals surface area contributed by atoms with Gasteiger partial charge in [-0.1, -0.05) is 13.8 Å². The maximum atomic E-state index is 12.1. The van der Waals surface area contributed by atoms with Crippen LogP contribution in [0.25, 0.3) is 0 Å². The first-order valence-corrected chi connectivity index (χ1v) is 6.70. The van der Waals surface area contributed by atoms with E-state index in [2.05, 4.69) is 5.32 Å². The van der Waals surface area contributed by atoms with Gasteiger partial charge in [-0.25, -0.2) is 9.59 Å². The molecule has 1 saturated heterocycles. The highest BCUT2D eigenvalue weighted by Gasteiger charge is 2.32. The molecule has 3 unspecified atom stereocenters. The van der Waals surface area contributed by atoms with Crippen LogP contribution in [0.5, 0.6) is 0 Å². The van der Waals surface area contributed by atoms with Crippen molar-refractivity contribution < 1.29 is 19.4 Å². The summed E-state index contributed by atoms with van der Waals surface area (Å²) in [5.41, 5.74) is 0. The molecule has 0 aromatic rings. The molecule has 0 radical (unpaired) electrons. The van der Waals surface area contributed by atoms with E-state index in [1.165, 1.54) is 0 Å². The molecule has 1 aliphatic rings. The number of nitrogens with one attached hydrogen (secondary N) is 1. The normalized spacial score (nSPS) is 24.3. The Labute approximate surface area is 114 Å². The number of urea groups is 1. The Bertz CT molecular complexity index is 333. The number of hydrogen-bond acceptors (Lipinski definition) is 3. The van der Waals surface area contributed by atoms with Crippen LogP contribution in [0, 0.1) is 5.92 Å². The number of carbonyl (C=O) groups is 2. The Morgan fingerprint density at radius 3 is 2.53 bits per heavy atom. The average molecular weight is 272 g/mol. The van der Waals surface area contributed by atoms with E-state index >= 15 is 0 Å². The number of aliphatic carboxylic acids is 1. The zero-order valence-corrected chi connectivity index (χ0v) is 12.0. The second kappa shape index (κ2) is 6.75. The fraction of sp³-hybridized carbons (Fsp3) is 0.846. The van der Waals surface area contributed by atoms with Crippen LogP contribution in [0.1, 0.15) is 33.6 Å². The molecule has 1 aliphatic heterocycles. The van der Waals surface area contributed by atoms with Crippen molar-refractivity contribution in [3.63, 3.8) is 0 Å². The molecule has 0 aromatic heterocycles. The van der Waals surface area contributed by atoms with Gasteiger partial charge >= 0.3 is 12.0 Å². The molecule has 1 rings (SSSR count). The van der Waals surface area contributed by atoms with Crippen molar-refractivity contribution in [1.82, 2.24) is 10.2 Å². The van der Waals surface area contributed by atoms with E-state index in [9.17, 15) is 9.59 Å².